The van der Waals surface area contributed by atoms with Crippen LogP contribution in [0.1, 0.15) is 36.7 Å². The number of hydrogen-bond acceptors (Lipinski definition) is 4. The van der Waals surface area contributed by atoms with Gasteiger partial charge >= 0.3 is 5.97 Å². The average Bonchev–Trinajstić information content (AvgIpc) is 2.67. The Kier molecular flexibility index (Phi) is 5.87. The quantitative estimate of drug-likeness (QED) is 0.882. The molecule has 21 heavy (non-hydrogen) atoms. The van der Waals surface area contributed by atoms with Crippen molar-refractivity contribution in [1.29, 1.82) is 0 Å². The molecule has 1 atom stereocenters. The monoisotopic (exact) mass is 295 g/mol. The zero-order valence-corrected chi connectivity index (χ0v) is 12.5. The highest BCUT2D eigenvalue weighted by Gasteiger charge is 2.29. The second-order valence-electron chi connectivity index (χ2n) is 5.28. The van der Waals surface area contributed by atoms with Gasteiger partial charge in [-0.05, 0) is 38.5 Å². The molecule has 1 aromatic rings. The highest BCUT2D eigenvalue weighted by Crippen LogP contribution is 2.21. The molecule has 0 spiro atoms. The molecule has 0 unspecified atom stereocenters. The number of primary amides is 1. The van der Waals surface area contributed by atoms with Gasteiger partial charge in [0.25, 0.3) is 0 Å². The number of hydrogen-bond donors (Lipinski definition) is 2. The van der Waals surface area contributed by atoms with Crippen LogP contribution in [0.3, 0.4) is 0 Å². The summed E-state index contributed by atoms with van der Waals surface area (Å²) in [4.78, 5) is 20.9. The van der Waals surface area contributed by atoms with Crippen LogP contribution in [0, 0.1) is 0 Å². The van der Waals surface area contributed by atoms with E-state index in [0.29, 0.717) is 0 Å². The summed E-state index contributed by atoms with van der Waals surface area (Å²) in [6.07, 6.45) is 0.407. The maximum atomic E-state index is 10.5. The Balaban J connectivity index is 0.000000235. The van der Waals surface area contributed by atoms with E-state index in [0.717, 1.165) is 12.2 Å². The number of carboxylic acids is 1. The molecule has 1 amide bonds. The van der Waals surface area contributed by atoms with Crippen LogP contribution in [-0.2, 0) is 20.7 Å². The minimum absolute atomic E-state index is 0.139. The second kappa shape index (κ2) is 7.19. The third kappa shape index (κ3) is 6.37. The number of amides is 1. The minimum Gasteiger partial charge on any atom is -0.478 e. The molecule has 0 aliphatic carbocycles. The number of nitrogens with two attached hydrogens (primary N) is 1. The van der Waals surface area contributed by atoms with Gasteiger partial charge in [-0.1, -0.05) is 12.1 Å². The van der Waals surface area contributed by atoms with E-state index >= 15 is 0 Å². The molecule has 1 fully saturated rings. The van der Waals surface area contributed by atoms with Crippen LogP contribution >= 0.6 is 0 Å². The molecule has 0 saturated carbocycles. The van der Waals surface area contributed by atoms with Crippen molar-refractivity contribution >= 4 is 11.9 Å². The largest absolute Gasteiger partial charge is 0.478 e. The number of rotatable bonds is 3. The smallest absolute Gasteiger partial charge is 0.335 e. The van der Waals surface area contributed by atoms with E-state index in [1.807, 2.05) is 20.8 Å². The molecule has 1 heterocycles. The number of benzene rings is 1. The van der Waals surface area contributed by atoms with E-state index in [1.54, 1.807) is 12.1 Å². The van der Waals surface area contributed by atoms with Crippen LogP contribution in [0.25, 0.3) is 0 Å². The summed E-state index contributed by atoms with van der Waals surface area (Å²) in [5, 5.41) is 8.57. The van der Waals surface area contributed by atoms with Gasteiger partial charge < -0.3 is 20.3 Å². The van der Waals surface area contributed by atoms with Gasteiger partial charge in [-0.15, -0.1) is 0 Å². The first kappa shape index (κ1) is 17.1. The summed E-state index contributed by atoms with van der Waals surface area (Å²) in [6, 6.07) is 6.05. The lowest BCUT2D eigenvalue weighted by molar-refractivity contribution is -0.136. The first-order valence-electron chi connectivity index (χ1n) is 6.62. The van der Waals surface area contributed by atoms with Gasteiger partial charge in [0.2, 0.25) is 5.91 Å². The second-order valence-corrected chi connectivity index (χ2v) is 5.28. The van der Waals surface area contributed by atoms with E-state index < -0.39 is 11.9 Å². The molecule has 0 bridgehead atoms. The van der Waals surface area contributed by atoms with E-state index in [-0.39, 0.29) is 23.9 Å². The fraction of sp³-hybridized carbons (Fsp3) is 0.467. The van der Waals surface area contributed by atoms with Crippen molar-refractivity contribution in [1.82, 2.24) is 0 Å². The SMILES string of the molecule is C[C@H]1COC(C)(C)O1.NC(=O)Cc1ccc(C(=O)O)cc1. The Bertz CT molecular complexity index is 495. The topological polar surface area (TPSA) is 98.9 Å². The Morgan fingerprint density at radius 3 is 2.19 bits per heavy atom. The molecule has 0 radical (unpaired) electrons. The summed E-state index contributed by atoms with van der Waals surface area (Å²) in [6.45, 7) is 6.59. The molecule has 116 valence electrons. The highest BCUT2D eigenvalue weighted by atomic mass is 16.7. The average molecular weight is 295 g/mol. The summed E-state index contributed by atoms with van der Waals surface area (Å²) in [7, 11) is 0. The number of carbonyl (C=O) groups excluding carboxylic acids is 1. The van der Waals surface area contributed by atoms with Crippen molar-refractivity contribution in [2.24, 2.45) is 5.73 Å². The number of carbonyl (C=O) groups is 2. The third-order valence-electron chi connectivity index (χ3n) is 2.73. The van der Waals surface area contributed by atoms with Crippen LogP contribution in [0.5, 0.6) is 0 Å². The van der Waals surface area contributed by atoms with E-state index in [1.165, 1.54) is 12.1 Å². The molecular formula is C15H21NO5. The van der Waals surface area contributed by atoms with Crippen molar-refractivity contribution in [2.45, 2.75) is 39.1 Å². The van der Waals surface area contributed by atoms with Crippen LogP contribution in [0.15, 0.2) is 24.3 Å². The molecule has 3 N–H and O–H groups in total. The minimum atomic E-state index is -0.981. The van der Waals surface area contributed by atoms with Gasteiger partial charge in [-0.25, -0.2) is 4.79 Å². The van der Waals surface area contributed by atoms with Crippen molar-refractivity contribution in [3.8, 4) is 0 Å². The third-order valence-corrected chi connectivity index (χ3v) is 2.73. The Morgan fingerprint density at radius 1 is 1.33 bits per heavy atom. The Hall–Kier alpha value is -1.92. The number of ether oxygens (including phenoxy) is 2. The predicted octanol–water partition coefficient (Wildman–Crippen LogP) is 1.57. The van der Waals surface area contributed by atoms with Crippen LogP contribution < -0.4 is 5.73 Å². The maximum absolute atomic E-state index is 10.5. The predicted molar refractivity (Wildman–Crippen MR) is 76.9 cm³/mol. The molecule has 2 rings (SSSR count). The molecule has 6 nitrogen and oxygen atoms in total. The van der Waals surface area contributed by atoms with Gasteiger partial charge in [0.1, 0.15) is 0 Å². The molecule has 1 aromatic carbocycles. The standard InChI is InChI=1S/C9H9NO3.C6H12O2/c10-8(11)5-6-1-3-7(4-2-6)9(12)13;1-5-4-7-6(2,3)8-5/h1-4H,5H2,(H2,10,11)(H,12,13);5H,4H2,1-3H3/t;5-/m.0/s1. The summed E-state index contributed by atoms with van der Waals surface area (Å²) < 4.78 is 10.6. The van der Waals surface area contributed by atoms with Gasteiger partial charge in [-0.3, -0.25) is 4.79 Å². The molecule has 1 saturated heterocycles. The lowest BCUT2D eigenvalue weighted by Gasteiger charge is -2.15. The summed E-state index contributed by atoms with van der Waals surface area (Å²) in [5.74, 6) is -1.74. The number of aromatic carboxylic acids is 1. The zero-order valence-electron chi connectivity index (χ0n) is 12.5. The van der Waals surface area contributed by atoms with Crippen molar-refractivity contribution in [3.05, 3.63) is 35.4 Å². The molecule has 1 aliphatic rings. The first-order chi connectivity index (χ1) is 9.69. The van der Waals surface area contributed by atoms with E-state index in [9.17, 15) is 9.59 Å². The zero-order chi connectivity index (χ0) is 16.0. The lowest BCUT2D eigenvalue weighted by atomic mass is 10.1. The molecule has 1 aliphatic heterocycles. The fourth-order valence-corrected chi connectivity index (χ4v) is 1.84. The highest BCUT2D eigenvalue weighted by molar-refractivity contribution is 5.87. The first-order valence-corrected chi connectivity index (χ1v) is 6.62. The van der Waals surface area contributed by atoms with E-state index in [2.05, 4.69) is 0 Å². The Labute approximate surface area is 123 Å². The lowest BCUT2D eigenvalue weighted by Crippen LogP contribution is -2.20. The van der Waals surface area contributed by atoms with Gasteiger partial charge in [0.15, 0.2) is 5.79 Å². The molecule has 0 aromatic heterocycles. The van der Waals surface area contributed by atoms with Crippen molar-refractivity contribution in [3.63, 3.8) is 0 Å². The molecule has 6 heteroatoms. The van der Waals surface area contributed by atoms with Crippen molar-refractivity contribution in [2.75, 3.05) is 6.61 Å². The summed E-state index contributed by atoms with van der Waals surface area (Å²) in [5.41, 5.74) is 5.89. The maximum Gasteiger partial charge on any atom is 0.335 e. The van der Waals surface area contributed by atoms with Crippen LogP contribution in [-0.4, -0.2) is 35.5 Å². The van der Waals surface area contributed by atoms with Gasteiger partial charge in [0, 0.05) is 0 Å². The van der Waals surface area contributed by atoms with Gasteiger partial charge in [0.05, 0.1) is 24.7 Å². The van der Waals surface area contributed by atoms with E-state index in [4.69, 9.17) is 20.3 Å². The number of carboxylic acid groups (broad SMARTS) is 1. The normalized spacial score (nSPS) is 19.5. The van der Waals surface area contributed by atoms with Crippen molar-refractivity contribution < 1.29 is 24.2 Å². The fourth-order valence-electron chi connectivity index (χ4n) is 1.84. The molecular weight excluding hydrogens is 274 g/mol. The van der Waals surface area contributed by atoms with Gasteiger partial charge in [-0.2, -0.15) is 0 Å². The van der Waals surface area contributed by atoms with Crippen LogP contribution in [0.4, 0.5) is 0 Å². The van der Waals surface area contributed by atoms with Crippen LogP contribution in [0.2, 0.25) is 0 Å². The summed E-state index contributed by atoms with van der Waals surface area (Å²) >= 11 is 0. The Morgan fingerprint density at radius 2 is 1.90 bits per heavy atom.